The Morgan fingerprint density at radius 1 is 0.923 bits per heavy atom. The van der Waals surface area contributed by atoms with E-state index < -0.39 is 0 Å². The summed E-state index contributed by atoms with van der Waals surface area (Å²) in [6.07, 6.45) is 2.22. The Bertz CT molecular complexity index is 578. The number of benzene rings is 1. The number of rotatable bonds is 4. The molecule has 0 aromatic heterocycles. The number of carbonyl (C=O) groups is 1. The third-order valence-electron chi connectivity index (χ3n) is 5.45. The van der Waals surface area contributed by atoms with Gasteiger partial charge in [-0.15, -0.1) is 0 Å². The van der Waals surface area contributed by atoms with Crippen molar-refractivity contribution in [3.05, 3.63) is 45.5 Å². The molecule has 0 radical (unpaired) electrons. The largest absolute Gasteiger partial charge is 0.412 e. The van der Waals surface area contributed by atoms with Crippen molar-refractivity contribution in [1.29, 1.82) is 0 Å². The third-order valence-corrected chi connectivity index (χ3v) is 5.45. The van der Waals surface area contributed by atoms with Gasteiger partial charge in [-0.05, 0) is 87.6 Å². The highest BCUT2D eigenvalue weighted by Crippen LogP contribution is 2.31. The van der Waals surface area contributed by atoms with Gasteiger partial charge in [-0.25, -0.2) is 0 Å². The average Bonchev–Trinajstić information content (AvgIpc) is 2.59. The van der Waals surface area contributed by atoms with Crippen LogP contribution in [0.3, 0.4) is 0 Å². The van der Waals surface area contributed by atoms with Gasteiger partial charge >= 0.3 is 0 Å². The smallest absolute Gasteiger partial charge is 0.155 e. The fourth-order valence-electron chi connectivity index (χ4n) is 2.59. The summed E-state index contributed by atoms with van der Waals surface area (Å²) in [7, 11) is 0. The first-order valence-corrected chi connectivity index (χ1v) is 9.74. The maximum absolute atomic E-state index is 11.1. The van der Waals surface area contributed by atoms with E-state index in [9.17, 15) is 4.79 Å². The summed E-state index contributed by atoms with van der Waals surface area (Å²) < 4.78 is 0. The maximum atomic E-state index is 11.1. The van der Waals surface area contributed by atoms with Gasteiger partial charge in [0.2, 0.25) is 0 Å². The standard InChI is InChI=1S/C11H20O.C11H16.C2H6.H2O/c1-7-11(5,6)9(3)8(2)10(4)12;1-5-11-9(3)7-6-8(2)10(11)4;1-2;/h7H2,1-6H3;6-7H,5H2,1-4H3;1-2H3;1H2/b9-8-;;;. The molecule has 2 N–H and O–H groups in total. The van der Waals surface area contributed by atoms with E-state index in [1.165, 1.54) is 27.8 Å². The van der Waals surface area contributed by atoms with Crippen molar-refractivity contribution in [2.24, 2.45) is 5.41 Å². The molecule has 0 atom stereocenters. The summed E-state index contributed by atoms with van der Waals surface area (Å²) in [6.45, 7) is 24.9. The predicted molar refractivity (Wildman–Crippen MR) is 118 cm³/mol. The van der Waals surface area contributed by atoms with E-state index in [4.69, 9.17) is 0 Å². The lowest BCUT2D eigenvalue weighted by atomic mass is 9.80. The molecule has 1 aromatic carbocycles. The van der Waals surface area contributed by atoms with Crippen molar-refractivity contribution in [1.82, 2.24) is 0 Å². The second kappa shape index (κ2) is 13.7. The van der Waals surface area contributed by atoms with Gasteiger partial charge in [-0.3, -0.25) is 4.79 Å². The average molecular weight is 365 g/mol. The molecule has 0 saturated carbocycles. The first kappa shape index (κ1) is 29.4. The van der Waals surface area contributed by atoms with Gasteiger partial charge in [0.05, 0.1) is 0 Å². The molecule has 0 aliphatic heterocycles. The van der Waals surface area contributed by atoms with Crippen LogP contribution in [-0.2, 0) is 11.2 Å². The Morgan fingerprint density at radius 2 is 1.35 bits per heavy atom. The SMILES string of the molecule is CC.CCC(C)(C)/C(C)=C(/C)C(C)=O.CCc1c(C)ccc(C)c1C.O. The quantitative estimate of drug-likeness (QED) is 0.547. The van der Waals surface area contributed by atoms with E-state index in [0.29, 0.717) is 0 Å². The topological polar surface area (TPSA) is 48.6 Å². The molecule has 152 valence electrons. The fourth-order valence-corrected chi connectivity index (χ4v) is 2.59. The highest BCUT2D eigenvalue weighted by molar-refractivity contribution is 5.93. The molecule has 1 rings (SSSR count). The molecule has 0 spiro atoms. The van der Waals surface area contributed by atoms with Crippen molar-refractivity contribution in [3.63, 3.8) is 0 Å². The minimum atomic E-state index is 0. The summed E-state index contributed by atoms with van der Waals surface area (Å²) in [5, 5.41) is 0. The predicted octanol–water partition coefficient (Wildman–Crippen LogP) is 6.72. The van der Waals surface area contributed by atoms with Gasteiger partial charge in [0, 0.05) is 0 Å². The lowest BCUT2D eigenvalue weighted by Crippen LogP contribution is -2.14. The van der Waals surface area contributed by atoms with E-state index in [2.05, 4.69) is 67.5 Å². The summed E-state index contributed by atoms with van der Waals surface area (Å²) in [5.74, 6) is 0.189. The van der Waals surface area contributed by atoms with E-state index in [-0.39, 0.29) is 16.7 Å². The highest BCUT2D eigenvalue weighted by Gasteiger charge is 2.20. The van der Waals surface area contributed by atoms with Crippen molar-refractivity contribution in [2.75, 3.05) is 0 Å². The number of allylic oxidation sites excluding steroid dienone is 2. The van der Waals surface area contributed by atoms with Gasteiger partial charge in [0.1, 0.15) is 0 Å². The van der Waals surface area contributed by atoms with E-state index in [1.54, 1.807) is 6.92 Å². The Kier molecular flexibility index (Phi) is 15.5. The Labute approximate surface area is 163 Å². The molecule has 0 aliphatic carbocycles. The van der Waals surface area contributed by atoms with Gasteiger partial charge in [-0.1, -0.05) is 59.2 Å². The normalized spacial score (nSPS) is 11.1. The number of carbonyl (C=O) groups excluding carboxylic acids is 1. The maximum Gasteiger partial charge on any atom is 0.155 e. The zero-order chi connectivity index (χ0) is 20.4. The first-order chi connectivity index (χ1) is 11.5. The van der Waals surface area contributed by atoms with E-state index in [0.717, 1.165) is 18.4 Å². The van der Waals surface area contributed by atoms with Crippen molar-refractivity contribution < 1.29 is 10.3 Å². The molecule has 0 aliphatic rings. The van der Waals surface area contributed by atoms with Crippen molar-refractivity contribution >= 4 is 5.78 Å². The molecule has 2 nitrogen and oxygen atoms in total. The molecule has 0 fully saturated rings. The summed E-state index contributed by atoms with van der Waals surface area (Å²) >= 11 is 0. The van der Waals surface area contributed by atoms with E-state index in [1.807, 2.05) is 20.8 Å². The summed E-state index contributed by atoms with van der Waals surface area (Å²) in [5.41, 5.74) is 8.12. The fraction of sp³-hybridized carbons (Fsp3) is 0.625. The molecule has 0 bridgehead atoms. The Balaban J connectivity index is -0.000000359. The zero-order valence-electron chi connectivity index (χ0n) is 19.5. The van der Waals surface area contributed by atoms with Gasteiger partial charge in [-0.2, -0.15) is 0 Å². The van der Waals surface area contributed by atoms with Crippen molar-refractivity contribution in [3.8, 4) is 0 Å². The number of hydrogen-bond donors (Lipinski definition) is 0. The number of ketones is 1. The Morgan fingerprint density at radius 3 is 1.65 bits per heavy atom. The Hall–Kier alpha value is -1.41. The lowest BCUT2D eigenvalue weighted by molar-refractivity contribution is -0.113. The molecule has 1 aromatic rings. The number of aryl methyl sites for hydroxylation is 2. The molecular weight excluding hydrogens is 320 g/mol. The second-order valence-electron chi connectivity index (χ2n) is 7.20. The van der Waals surface area contributed by atoms with Gasteiger partial charge in [0.15, 0.2) is 5.78 Å². The minimum Gasteiger partial charge on any atom is -0.412 e. The van der Waals surface area contributed by atoms with Gasteiger partial charge < -0.3 is 5.48 Å². The van der Waals surface area contributed by atoms with Crippen LogP contribution in [0.4, 0.5) is 0 Å². The lowest BCUT2D eigenvalue weighted by Gasteiger charge is -2.25. The van der Waals surface area contributed by atoms with Crippen molar-refractivity contribution in [2.45, 2.75) is 95.9 Å². The second-order valence-corrected chi connectivity index (χ2v) is 7.20. The molecule has 26 heavy (non-hydrogen) atoms. The van der Waals surface area contributed by atoms with Crippen LogP contribution in [0.2, 0.25) is 0 Å². The number of hydrogen-bond acceptors (Lipinski definition) is 1. The van der Waals surface area contributed by atoms with Crippen LogP contribution < -0.4 is 0 Å². The third kappa shape index (κ3) is 8.80. The van der Waals surface area contributed by atoms with Crippen LogP contribution in [-0.4, -0.2) is 11.3 Å². The summed E-state index contributed by atoms with van der Waals surface area (Å²) in [6, 6.07) is 4.41. The van der Waals surface area contributed by atoms with Crippen LogP contribution in [0.25, 0.3) is 0 Å². The van der Waals surface area contributed by atoms with Crippen LogP contribution in [0.5, 0.6) is 0 Å². The molecule has 0 unspecified atom stereocenters. The van der Waals surface area contributed by atoms with Crippen LogP contribution in [0.15, 0.2) is 23.3 Å². The highest BCUT2D eigenvalue weighted by atomic mass is 16.1. The zero-order valence-corrected chi connectivity index (χ0v) is 19.5. The van der Waals surface area contributed by atoms with Crippen LogP contribution in [0, 0.1) is 26.2 Å². The minimum absolute atomic E-state index is 0. The molecule has 0 saturated heterocycles. The summed E-state index contributed by atoms with van der Waals surface area (Å²) in [4.78, 5) is 11.1. The van der Waals surface area contributed by atoms with Gasteiger partial charge in [0.25, 0.3) is 0 Å². The van der Waals surface area contributed by atoms with E-state index >= 15 is 0 Å². The first-order valence-electron chi connectivity index (χ1n) is 9.74. The molecule has 0 amide bonds. The molecule has 2 heteroatoms. The molecular formula is C24H44O2. The molecule has 0 heterocycles. The monoisotopic (exact) mass is 364 g/mol. The van der Waals surface area contributed by atoms with Crippen LogP contribution in [0.1, 0.15) is 91.0 Å². The number of Topliss-reactive ketones (excluding diaryl/α,β-unsaturated/α-hetero) is 1. The van der Waals surface area contributed by atoms with Crippen LogP contribution >= 0.6 is 0 Å².